The van der Waals surface area contributed by atoms with Crippen LogP contribution in [0.5, 0.6) is 0 Å². The lowest BCUT2D eigenvalue weighted by Crippen LogP contribution is -2.24. The van der Waals surface area contributed by atoms with Gasteiger partial charge < -0.3 is 0 Å². The van der Waals surface area contributed by atoms with Crippen LogP contribution in [0.4, 0.5) is 0 Å². The highest BCUT2D eigenvalue weighted by Gasteiger charge is 2.20. The van der Waals surface area contributed by atoms with E-state index in [1.165, 1.54) is 20.5 Å². The molecule has 0 aromatic carbocycles. The maximum Gasteiger partial charge on any atom is 0.0241 e. The van der Waals surface area contributed by atoms with Gasteiger partial charge in [-0.05, 0) is 0 Å². The van der Waals surface area contributed by atoms with Crippen molar-refractivity contribution in [3.8, 4) is 0 Å². The van der Waals surface area contributed by atoms with E-state index in [1.54, 1.807) is 0 Å². The normalized spacial score (nSPS) is 16.0. The van der Waals surface area contributed by atoms with E-state index in [0.717, 1.165) is 9.32 Å². The van der Waals surface area contributed by atoms with Gasteiger partial charge in [-0.1, -0.05) is 37.0 Å². The Morgan fingerprint density at radius 2 is 1.11 bits per heavy atom. The third kappa shape index (κ3) is 8.65. The largest absolute Gasteiger partial charge is 0.0660 e. The molecular weight excluding hydrogens is 156 g/mol. The summed E-state index contributed by atoms with van der Waals surface area (Å²) in [5.74, 6) is 0. The average Bonchev–Trinajstić information content (AvgIpc) is 1.14. The topological polar surface area (TPSA) is 0 Å². The molecule has 0 atom stereocenters. The van der Waals surface area contributed by atoms with Crippen LogP contribution < -0.4 is 0 Å². The molecule has 0 aliphatic carbocycles. The molecule has 0 N–H and O–H groups in total. The van der Waals surface area contributed by atoms with Crippen LogP contribution in [-0.2, 0) is 0 Å². The third-order valence-corrected chi connectivity index (χ3v) is 5.30. The lowest BCUT2D eigenvalue weighted by molar-refractivity contribution is 0.863. The van der Waals surface area contributed by atoms with E-state index < -0.39 is 0 Å². The van der Waals surface area contributed by atoms with Gasteiger partial charge in [-0.2, -0.15) is 0 Å². The zero-order valence-corrected chi connectivity index (χ0v) is 13.1. The Kier molecular flexibility index (Phi) is 2.91. The van der Waals surface area contributed by atoms with Crippen molar-refractivity contribution in [1.29, 1.82) is 0 Å². The molecule has 0 aliphatic heterocycles. The highest BCUT2D eigenvalue weighted by Crippen LogP contribution is 2.28. The Morgan fingerprint density at radius 1 is 0.889 bits per heavy atom. The Morgan fingerprint density at radius 3 is 1.11 bits per heavy atom. The highest BCUT2D eigenvalue weighted by atomic mass is 28.3. The molecule has 0 aromatic rings. The Labute approximate surface area is 67.5 Å². The Bertz CT molecular complexity index is 73.5. The predicted octanol–water partition coefficient (Wildman–Crippen LogP) is -0.802. The second-order valence-electron chi connectivity index (χ2n) is 5.30. The number of rotatable bonds is 2. The quantitative estimate of drug-likeness (QED) is 0.483. The van der Waals surface area contributed by atoms with Crippen LogP contribution in [-0.4, -0.2) is 30.0 Å². The second kappa shape index (κ2) is 2.72. The Balaban J connectivity index is 3.75. The van der Waals surface area contributed by atoms with Gasteiger partial charge in [0.05, 0.1) is 0 Å². The van der Waals surface area contributed by atoms with Crippen LogP contribution in [0.25, 0.3) is 0 Å². The van der Waals surface area contributed by atoms with E-state index in [2.05, 4.69) is 27.7 Å². The summed E-state index contributed by atoms with van der Waals surface area (Å²) in [4.78, 5) is 0. The molecule has 0 aliphatic rings. The molecule has 0 amide bonds. The van der Waals surface area contributed by atoms with Crippen LogP contribution in [0.3, 0.4) is 0 Å². The maximum absolute atomic E-state index is 2.44. The van der Waals surface area contributed by atoms with Crippen LogP contribution in [0.15, 0.2) is 0 Å². The fourth-order valence-electron chi connectivity index (χ4n) is 1.59. The van der Waals surface area contributed by atoms with E-state index in [-0.39, 0.29) is 9.52 Å². The molecule has 0 bridgehead atoms. The minimum Gasteiger partial charge on any atom is -0.0660 e. The van der Waals surface area contributed by atoms with Gasteiger partial charge in [0.1, 0.15) is 0 Å². The summed E-state index contributed by atoms with van der Waals surface area (Å²) in [6.07, 6.45) is 0. The highest BCUT2D eigenvalue weighted by molar-refractivity contribution is 6.63. The van der Waals surface area contributed by atoms with Crippen LogP contribution in [0.2, 0.25) is 9.32 Å². The van der Waals surface area contributed by atoms with Gasteiger partial charge in [-0.25, -0.2) is 0 Å². The molecule has 3 heteroatoms. The summed E-state index contributed by atoms with van der Waals surface area (Å²) in [5.41, 5.74) is 0. The standard InChI is InChI=1S/C6H20Si3/c1-5(2,7)9-6(3,4)8/h9H2,1-4,7-8H3. The maximum atomic E-state index is 2.44. The summed E-state index contributed by atoms with van der Waals surface area (Å²) < 4.78 is 1.59. The van der Waals surface area contributed by atoms with Crippen molar-refractivity contribution in [2.24, 2.45) is 0 Å². The number of hydrogen-bond acceptors (Lipinski definition) is 0. The molecule has 0 heterocycles. The lowest BCUT2D eigenvalue weighted by atomic mass is 10.5. The molecule has 0 saturated heterocycles. The van der Waals surface area contributed by atoms with Crippen LogP contribution in [0, 0.1) is 0 Å². The van der Waals surface area contributed by atoms with E-state index in [9.17, 15) is 0 Å². The SMILES string of the molecule is CC(C)([SiH3])[SiH2]C(C)(C)[SiH3]. The van der Waals surface area contributed by atoms with Crippen LogP contribution >= 0.6 is 0 Å². The first-order chi connectivity index (χ1) is 3.71. The fourth-order valence-corrected chi connectivity index (χ4v) is 13.3. The molecule has 0 aromatic heterocycles. The molecule has 0 radical (unpaired) electrons. The minimum atomic E-state index is 0.211. The lowest BCUT2D eigenvalue weighted by Gasteiger charge is -2.27. The third-order valence-electron chi connectivity index (χ3n) is 1.06. The molecule has 0 rings (SSSR count). The van der Waals surface area contributed by atoms with E-state index >= 15 is 0 Å². The first-order valence-electron chi connectivity index (χ1n) is 3.71. The summed E-state index contributed by atoms with van der Waals surface area (Å²) in [7, 11) is 3.00. The fraction of sp³-hybridized carbons (Fsp3) is 1.00. The van der Waals surface area contributed by atoms with Gasteiger partial charge in [0.2, 0.25) is 0 Å². The van der Waals surface area contributed by atoms with Gasteiger partial charge in [-0.3, -0.25) is 0 Å². The van der Waals surface area contributed by atoms with Crippen molar-refractivity contribution in [2.75, 3.05) is 0 Å². The van der Waals surface area contributed by atoms with Crippen molar-refractivity contribution >= 4 is 30.0 Å². The smallest absolute Gasteiger partial charge is 0.0241 e. The Hall–Kier alpha value is 0.651. The summed E-state index contributed by atoms with van der Waals surface area (Å²) in [6, 6.07) is 0. The molecular formula is C6H20Si3. The monoisotopic (exact) mass is 176 g/mol. The van der Waals surface area contributed by atoms with Gasteiger partial charge >= 0.3 is 0 Å². The van der Waals surface area contributed by atoms with Crippen molar-refractivity contribution in [3.05, 3.63) is 0 Å². The van der Waals surface area contributed by atoms with Crippen molar-refractivity contribution in [3.63, 3.8) is 0 Å². The van der Waals surface area contributed by atoms with Crippen molar-refractivity contribution < 1.29 is 0 Å². The van der Waals surface area contributed by atoms with E-state index in [1.807, 2.05) is 0 Å². The first-order valence-corrected chi connectivity index (χ1v) is 7.12. The summed E-state index contributed by atoms with van der Waals surface area (Å²) in [5, 5.41) is 0. The van der Waals surface area contributed by atoms with E-state index in [0.29, 0.717) is 0 Å². The van der Waals surface area contributed by atoms with Crippen molar-refractivity contribution in [2.45, 2.75) is 37.0 Å². The van der Waals surface area contributed by atoms with Crippen molar-refractivity contribution in [1.82, 2.24) is 0 Å². The van der Waals surface area contributed by atoms with Gasteiger partial charge in [-0.15, -0.1) is 0 Å². The molecule has 0 nitrogen and oxygen atoms in total. The number of hydrogen-bond donors (Lipinski definition) is 0. The molecule has 0 fully saturated rings. The van der Waals surface area contributed by atoms with E-state index in [4.69, 9.17) is 0 Å². The second-order valence-corrected chi connectivity index (χ2v) is 18.1. The zero-order chi connectivity index (χ0) is 7.71. The summed E-state index contributed by atoms with van der Waals surface area (Å²) >= 11 is 0. The van der Waals surface area contributed by atoms with Crippen LogP contribution in [0.1, 0.15) is 27.7 Å². The predicted molar refractivity (Wildman–Crippen MR) is 56.5 cm³/mol. The molecule has 0 saturated carbocycles. The molecule has 0 spiro atoms. The molecule has 0 unspecified atom stereocenters. The minimum absolute atomic E-state index is 0.211. The van der Waals surface area contributed by atoms with Gasteiger partial charge in [0, 0.05) is 30.0 Å². The van der Waals surface area contributed by atoms with Gasteiger partial charge in [0.15, 0.2) is 0 Å². The first kappa shape index (κ1) is 9.65. The molecule has 56 valence electrons. The summed E-state index contributed by atoms with van der Waals surface area (Å²) in [6.45, 7) is 9.74. The van der Waals surface area contributed by atoms with Gasteiger partial charge in [0.25, 0.3) is 0 Å². The zero-order valence-electron chi connectivity index (χ0n) is 7.71. The average molecular weight is 176 g/mol. The molecule has 9 heavy (non-hydrogen) atoms.